The lowest BCUT2D eigenvalue weighted by molar-refractivity contribution is 0.599. The number of pyridine rings is 1. The minimum atomic E-state index is 0.108. The number of nitrogens with zero attached hydrogens (tertiary/aromatic N) is 2. The van der Waals surface area contributed by atoms with Crippen LogP contribution in [0.1, 0.15) is 22.9 Å². The van der Waals surface area contributed by atoms with Crippen LogP contribution in [0.25, 0.3) is 5.69 Å². The van der Waals surface area contributed by atoms with E-state index in [1.54, 1.807) is 6.20 Å². The zero-order valence-electron chi connectivity index (χ0n) is 11.3. The molecule has 0 aliphatic carbocycles. The highest BCUT2D eigenvalue weighted by atomic mass is 35.5. The van der Waals surface area contributed by atoms with Crippen molar-refractivity contribution in [2.24, 2.45) is 0 Å². The third kappa shape index (κ3) is 2.06. The van der Waals surface area contributed by atoms with E-state index in [9.17, 15) is 0 Å². The van der Waals surface area contributed by atoms with Crippen molar-refractivity contribution in [2.45, 2.75) is 12.6 Å². The molecule has 1 atom stereocenters. The lowest BCUT2D eigenvalue weighted by Gasteiger charge is -2.17. The van der Waals surface area contributed by atoms with Gasteiger partial charge in [-0.05, 0) is 35.9 Å². The molecule has 1 unspecified atom stereocenters. The first-order valence-electron chi connectivity index (χ1n) is 6.93. The van der Waals surface area contributed by atoms with Crippen LogP contribution < -0.4 is 5.32 Å². The van der Waals surface area contributed by atoms with Crippen LogP contribution in [-0.4, -0.2) is 9.55 Å². The Bertz CT molecular complexity index is 780. The molecule has 0 amide bonds. The highest BCUT2D eigenvalue weighted by molar-refractivity contribution is 6.31. The molecule has 1 aliphatic heterocycles. The number of halogens is 1. The molecule has 0 saturated carbocycles. The highest BCUT2D eigenvalue weighted by Gasteiger charge is 2.23. The first-order valence-corrected chi connectivity index (χ1v) is 7.31. The van der Waals surface area contributed by atoms with Gasteiger partial charge in [-0.2, -0.15) is 0 Å². The van der Waals surface area contributed by atoms with Gasteiger partial charge in [0.15, 0.2) is 0 Å². The average Bonchev–Trinajstić information content (AvgIpc) is 2.93. The van der Waals surface area contributed by atoms with E-state index in [1.165, 1.54) is 5.69 Å². The van der Waals surface area contributed by atoms with Gasteiger partial charge >= 0.3 is 0 Å². The van der Waals surface area contributed by atoms with E-state index in [-0.39, 0.29) is 6.04 Å². The van der Waals surface area contributed by atoms with Crippen molar-refractivity contribution in [3.63, 3.8) is 0 Å². The van der Waals surface area contributed by atoms with Crippen molar-refractivity contribution in [3.8, 4) is 5.69 Å². The molecular weight excluding hydrogens is 282 g/mol. The fourth-order valence-corrected chi connectivity index (χ4v) is 3.18. The Morgan fingerprint density at radius 3 is 2.95 bits per heavy atom. The normalized spacial score (nSPS) is 16.9. The van der Waals surface area contributed by atoms with Crippen LogP contribution in [0.5, 0.6) is 0 Å². The fourth-order valence-electron chi connectivity index (χ4n) is 2.94. The fraction of sp³-hybridized carbons (Fsp3) is 0.118. The van der Waals surface area contributed by atoms with Crippen LogP contribution in [-0.2, 0) is 6.54 Å². The summed E-state index contributed by atoms with van der Waals surface area (Å²) in [6, 6.07) is 14.4. The van der Waals surface area contributed by atoms with Crippen LogP contribution in [0.2, 0.25) is 5.02 Å². The van der Waals surface area contributed by atoms with Gasteiger partial charge in [-0.25, -0.2) is 0 Å². The summed E-state index contributed by atoms with van der Waals surface area (Å²) in [4.78, 5) is 4.24. The molecular formula is C17H14ClN3. The summed E-state index contributed by atoms with van der Waals surface area (Å²) >= 11 is 6.38. The van der Waals surface area contributed by atoms with E-state index in [0.717, 1.165) is 28.4 Å². The summed E-state index contributed by atoms with van der Waals surface area (Å²) in [5, 5.41) is 4.39. The maximum atomic E-state index is 6.38. The molecule has 3 aromatic rings. The molecule has 1 aromatic carbocycles. The molecule has 0 saturated heterocycles. The van der Waals surface area contributed by atoms with E-state index in [1.807, 2.05) is 24.4 Å². The van der Waals surface area contributed by atoms with Gasteiger partial charge < -0.3 is 9.88 Å². The third-order valence-electron chi connectivity index (χ3n) is 3.93. The zero-order valence-corrected chi connectivity index (χ0v) is 12.1. The molecule has 3 heterocycles. The smallest absolute Gasteiger partial charge is 0.0752 e. The first kappa shape index (κ1) is 12.6. The molecule has 0 bridgehead atoms. The standard InChI is InChI=1S/C17H14ClN3/c18-14-5-1-6-15-13(14)11-20-17(12-4-2-8-19-10-12)16-7-3-9-21(15)16/h1-10,17,20H,11H2. The summed E-state index contributed by atoms with van der Waals surface area (Å²) in [6.07, 6.45) is 5.79. The van der Waals surface area contributed by atoms with E-state index >= 15 is 0 Å². The quantitative estimate of drug-likeness (QED) is 0.741. The lowest BCUT2D eigenvalue weighted by atomic mass is 10.1. The van der Waals surface area contributed by atoms with Crippen molar-refractivity contribution in [3.05, 3.63) is 82.9 Å². The minimum Gasteiger partial charge on any atom is -0.319 e. The van der Waals surface area contributed by atoms with Gasteiger partial charge in [0.1, 0.15) is 0 Å². The number of nitrogens with one attached hydrogen (secondary N) is 1. The summed E-state index contributed by atoms with van der Waals surface area (Å²) in [6.45, 7) is 0.732. The Morgan fingerprint density at radius 1 is 1.14 bits per heavy atom. The molecule has 104 valence electrons. The minimum absolute atomic E-state index is 0.108. The second-order valence-electron chi connectivity index (χ2n) is 5.14. The Hall–Kier alpha value is -2.10. The van der Waals surface area contributed by atoms with Crippen molar-refractivity contribution in [1.29, 1.82) is 0 Å². The molecule has 3 nitrogen and oxygen atoms in total. The SMILES string of the molecule is Clc1cccc2c1CNC(c1cccnc1)c1cccn1-2. The second kappa shape index (κ2) is 5.02. The largest absolute Gasteiger partial charge is 0.319 e. The molecule has 4 rings (SSSR count). The summed E-state index contributed by atoms with van der Waals surface area (Å²) in [7, 11) is 0. The average molecular weight is 296 g/mol. The summed E-state index contributed by atoms with van der Waals surface area (Å²) in [5.41, 5.74) is 4.62. The van der Waals surface area contributed by atoms with Crippen molar-refractivity contribution >= 4 is 11.6 Å². The maximum absolute atomic E-state index is 6.38. The van der Waals surface area contributed by atoms with Gasteiger partial charge in [0.2, 0.25) is 0 Å². The van der Waals surface area contributed by atoms with E-state index < -0.39 is 0 Å². The lowest BCUT2D eigenvalue weighted by Crippen LogP contribution is -2.21. The van der Waals surface area contributed by atoms with Gasteiger partial charge in [-0.1, -0.05) is 23.7 Å². The van der Waals surface area contributed by atoms with Crippen molar-refractivity contribution < 1.29 is 0 Å². The van der Waals surface area contributed by atoms with Crippen LogP contribution in [0.4, 0.5) is 0 Å². The van der Waals surface area contributed by atoms with Crippen LogP contribution in [0, 0.1) is 0 Å². The van der Waals surface area contributed by atoms with Crippen LogP contribution >= 0.6 is 11.6 Å². The molecule has 0 fully saturated rings. The number of benzene rings is 1. The first-order chi connectivity index (χ1) is 10.3. The zero-order chi connectivity index (χ0) is 14.2. The number of fused-ring (bicyclic) bond motifs is 3. The van der Waals surface area contributed by atoms with Crippen LogP contribution in [0.15, 0.2) is 61.1 Å². The monoisotopic (exact) mass is 295 g/mol. The molecule has 0 radical (unpaired) electrons. The summed E-state index contributed by atoms with van der Waals surface area (Å²) in [5.74, 6) is 0. The Kier molecular flexibility index (Phi) is 3.02. The summed E-state index contributed by atoms with van der Waals surface area (Å²) < 4.78 is 2.21. The van der Waals surface area contributed by atoms with Gasteiger partial charge in [-0.15, -0.1) is 0 Å². The topological polar surface area (TPSA) is 29.9 Å². The van der Waals surface area contributed by atoms with Crippen LogP contribution in [0.3, 0.4) is 0 Å². The highest BCUT2D eigenvalue weighted by Crippen LogP contribution is 2.32. The molecule has 0 spiro atoms. The van der Waals surface area contributed by atoms with E-state index in [4.69, 9.17) is 11.6 Å². The molecule has 4 heteroatoms. The van der Waals surface area contributed by atoms with Crippen molar-refractivity contribution in [2.75, 3.05) is 0 Å². The second-order valence-corrected chi connectivity index (χ2v) is 5.55. The van der Waals surface area contributed by atoms with Crippen molar-refractivity contribution in [1.82, 2.24) is 14.9 Å². The van der Waals surface area contributed by atoms with Gasteiger partial charge in [0.25, 0.3) is 0 Å². The third-order valence-corrected chi connectivity index (χ3v) is 4.28. The van der Waals surface area contributed by atoms with Gasteiger partial charge in [0.05, 0.1) is 11.7 Å². The number of rotatable bonds is 1. The predicted molar refractivity (Wildman–Crippen MR) is 83.7 cm³/mol. The number of hydrogen-bond acceptors (Lipinski definition) is 2. The predicted octanol–water partition coefficient (Wildman–Crippen LogP) is 3.72. The maximum Gasteiger partial charge on any atom is 0.0752 e. The van der Waals surface area contributed by atoms with E-state index in [2.05, 4.69) is 45.3 Å². The molecule has 2 aromatic heterocycles. The Labute approximate surface area is 128 Å². The van der Waals surface area contributed by atoms with Gasteiger partial charge in [-0.3, -0.25) is 4.98 Å². The molecule has 21 heavy (non-hydrogen) atoms. The number of aromatic nitrogens is 2. The van der Waals surface area contributed by atoms with Gasteiger partial charge in [0, 0.05) is 41.4 Å². The Balaban J connectivity index is 1.90. The number of hydrogen-bond donors (Lipinski definition) is 1. The molecule has 1 aliphatic rings. The molecule has 1 N–H and O–H groups in total. The Morgan fingerprint density at radius 2 is 2.10 bits per heavy atom. The van der Waals surface area contributed by atoms with E-state index in [0.29, 0.717) is 0 Å².